The molecule has 1 saturated carbocycles. The summed E-state index contributed by atoms with van der Waals surface area (Å²) in [5, 5.41) is 4.56. The first-order valence-electron chi connectivity index (χ1n) is 8.17. The molecule has 1 aromatic carbocycles. The molecule has 0 bridgehead atoms. The highest BCUT2D eigenvalue weighted by atomic mass is 35.5. The zero-order chi connectivity index (χ0) is 15.9. The standard InChI is InChI=1S/C18H19ClN2O2/c19-15-5-3-14(4-6-15)18(8-1-2-9-18)17(22)21-10-7-16-13(12-21)11-20-23-16/h3-6,11H,1-2,7-10,12H2. The monoisotopic (exact) mass is 330 g/mol. The van der Waals surface area contributed by atoms with Crippen molar-refractivity contribution in [2.24, 2.45) is 0 Å². The van der Waals surface area contributed by atoms with Crippen molar-refractivity contribution in [1.82, 2.24) is 10.1 Å². The van der Waals surface area contributed by atoms with Crippen LogP contribution in [0.2, 0.25) is 5.02 Å². The Morgan fingerprint density at radius 3 is 2.70 bits per heavy atom. The predicted octanol–water partition coefficient (Wildman–Crippen LogP) is 3.72. The molecular weight excluding hydrogens is 312 g/mol. The Kier molecular flexibility index (Phi) is 3.64. The van der Waals surface area contributed by atoms with Gasteiger partial charge < -0.3 is 9.42 Å². The molecule has 5 heteroatoms. The number of aromatic nitrogens is 1. The lowest BCUT2D eigenvalue weighted by atomic mass is 9.77. The van der Waals surface area contributed by atoms with Crippen LogP contribution in [0, 0.1) is 0 Å². The van der Waals surface area contributed by atoms with Crippen molar-refractivity contribution in [3.63, 3.8) is 0 Å². The molecule has 2 aliphatic rings. The zero-order valence-electron chi connectivity index (χ0n) is 12.9. The smallest absolute Gasteiger partial charge is 0.233 e. The summed E-state index contributed by atoms with van der Waals surface area (Å²) < 4.78 is 5.23. The van der Waals surface area contributed by atoms with Crippen LogP contribution in [0.25, 0.3) is 0 Å². The minimum absolute atomic E-state index is 0.240. The van der Waals surface area contributed by atoms with Gasteiger partial charge in [-0.3, -0.25) is 4.79 Å². The Balaban J connectivity index is 1.65. The van der Waals surface area contributed by atoms with E-state index in [2.05, 4.69) is 5.16 Å². The van der Waals surface area contributed by atoms with Gasteiger partial charge >= 0.3 is 0 Å². The van der Waals surface area contributed by atoms with E-state index in [0.29, 0.717) is 18.1 Å². The third-order valence-corrected chi connectivity index (χ3v) is 5.50. The maximum atomic E-state index is 13.4. The summed E-state index contributed by atoms with van der Waals surface area (Å²) in [7, 11) is 0. The molecule has 0 spiro atoms. The Morgan fingerprint density at radius 2 is 1.96 bits per heavy atom. The quantitative estimate of drug-likeness (QED) is 0.843. The number of halogens is 1. The summed E-state index contributed by atoms with van der Waals surface area (Å²) in [5.41, 5.74) is 1.74. The van der Waals surface area contributed by atoms with Crippen LogP contribution < -0.4 is 0 Å². The second-order valence-corrected chi connectivity index (χ2v) is 6.98. The topological polar surface area (TPSA) is 46.3 Å². The van der Waals surface area contributed by atoms with E-state index in [9.17, 15) is 4.79 Å². The van der Waals surface area contributed by atoms with Crippen LogP contribution in [0.3, 0.4) is 0 Å². The lowest BCUT2D eigenvalue weighted by Crippen LogP contribution is -2.47. The molecule has 0 radical (unpaired) electrons. The molecule has 0 atom stereocenters. The normalized spacial score (nSPS) is 19.6. The highest BCUT2D eigenvalue weighted by Gasteiger charge is 2.45. The Hall–Kier alpha value is -1.81. The summed E-state index contributed by atoms with van der Waals surface area (Å²) in [5.74, 6) is 1.16. The van der Waals surface area contributed by atoms with Gasteiger partial charge in [0.25, 0.3) is 0 Å². The number of fused-ring (bicyclic) bond motifs is 1. The van der Waals surface area contributed by atoms with E-state index in [0.717, 1.165) is 49.0 Å². The van der Waals surface area contributed by atoms with Crippen molar-refractivity contribution in [2.75, 3.05) is 6.54 Å². The van der Waals surface area contributed by atoms with Crippen molar-refractivity contribution in [3.05, 3.63) is 52.4 Å². The fourth-order valence-electron chi connectivity index (χ4n) is 3.99. The van der Waals surface area contributed by atoms with Crippen LogP contribution in [0.1, 0.15) is 42.6 Å². The number of amides is 1. The van der Waals surface area contributed by atoms with Gasteiger partial charge in [-0.1, -0.05) is 41.7 Å². The number of carbonyl (C=O) groups is 1. The second kappa shape index (κ2) is 5.68. The second-order valence-electron chi connectivity index (χ2n) is 6.55. The Labute approximate surface area is 140 Å². The summed E-state index contributed by atoms with van der Waals surface area (Å²) in [6.45, 7) is 1.31. The van der Waals surface area contributed by atoms with E-state index in [1.807, 2.05) is 29.2 Å². The number of carbonyl (C=O) groups excluding carboxylic acids is 1. The van der Waals surface area contributed by atoms with E-state index >= 15 is 0 Å². The first kappa shape index (κ1) is 14.8. The summed E-state index contributed by atoms with van der Waals surface area (Å²) >= 11 is 6.02. The lowest BCUT2D eigenvalue weighted by molar-refractivity contribution is -0.138. The van der Waals surface area contributed by atoms with Gasteiger partial charge in [0.05, 0.1) is 18.2 Å². The van der Waals surface area contributed by atoms with Crippen molar-refractivity contribution in [1.29, 1.82) is 0 Å². The van der Waals surface area contributed by atoms with Crippen molar-refractivity contribution >= 4 is 17.5 Å². The van der Waals surface area contributed by atoms with Gasteiger partial charge in [-0.15, -0.1) is 0 Å². The lowest BCUT2D eigenvalue weighted by Gasteiger charge is -2.36. The molecule has 2 aromatic rings. The van der Waals surface area contributed by atoms with Gasteiger partial charge in [-0.2, -0.15) is 0 Å². The highest BCUT2D eigenvalue weighted by Crippen LogP contribution is 2.43. The molecule has 0 saturated heterocycles. The van der Waals surface area contributed by atoms with E-state index in [4.69, 9.17) is 16.1 Å². The van der Waals surface area contributed by atoms with Crippen molar-refractivity contribution in [3.8, 4) is 0 Å². The summed E-state index contributed by atoms with van der Waals surface area (Å²) in [6, 6.07) is 7.80. The van der Waals surface area contributed by atoms with Crippen LogP contribution in [0.4, 0.5) is 0 Å². The summed E-state index contributed by atoms with van der Waals surface area (Å²) in [6.07, 6.45) is 6.51. The average molecular weight is 331 g/mol. The molecule has 1 aliphatic heterocycles. The van der Waals surface area contributed by atoms with E-state index < -0.39 is 0 Å². The minimum atomic E-state index is -0.390. The molecular formula is C18H19ClN2O2. The number of hydrogen-bond donors (Lipinski definition) is 0. The molecule has 0 unspecified atom stereocenters. The number of rotatable bonds is 2. The third-order valence-electron chi connectivity index (χ3n) is 5.25. The van der Waals surface area contributed by atoms with Gasteiger partial charge in [0.1, 0.15) is 5.76 Å². The van der Waals surface area contributed by atoms with Crippen molar-refractivity contribution < 1.29 is 9.32 Å². The molecule has 23 heavy (non-hydrogen) atoms. The van der Waals surface area contributed by atoms with Gasteiger partial charge in [0.15, 0.2) is 0 Å². The predicted molar refractivity (Wildman–Crippen MR) is 87.2 cm³/mol. The van der Waals surface area contributed by atoms with E-state index in [1.54, 1.807) is 6.20 Å². The Morgan fingerprint density at radius 1 is 1.22 bits per heavy atom. The molecule has 1 aromatic heterocycles. The zero-order valence-corrected chi connectivity index (χ0v) is 13.7. The first-order valence-corrected chi connectivity index (χ1v) is 8.55. The maximum Gasteiger partial charge on any atom is 0.233 e. The third kappa shape index (κ3) is 2.45. The van der Waals surface area contributed by atoms with E-state index in [1.165, 1.54) is 0 Å². The van der Waals surface area contributed by atoms with Gasteiger partial charge in [0, 0.05) is 23.6 Å². The molecule has 1 aliphatic carbocycles. The average Bonchev–Trinajstić information content (AvgIpc) is 3.24. The van der Waals surface area contributed by atoms with E-state index in [-0.39, 0.29) is 11.3 Å². The highest BCUT2D eigenvalue weighted by molar-refractivity contribution is 6.30. The van der Waals surface area contributed by atoms with Crippen molar-refractivity contribution in [2.45, 2.75) is 44.1 Å². The number of nitrogens with zero attached hydrogens (tertiary/aromatic N) is 2. The van der Waals surface area contributed by atoms with Crippen LogP contribution in [0.15, 0.2) is 35.0 Å². The van der Waals surface area contributed by atoms with Gasteiger partial charge in [-0.05, 0) is 30.5 Å². The fraction of sp³-hybridized carbons (Fsp3) is 0.444. The fourth-order valence-corrected chi connectivity index (χ4v) is 4.12. The maximum absolute atomic E-state index is 13.4. The Bertz CT molecular complexity index is 717. The van der Waals surface area contributed by atoms with Crippen LogP contribution in [-0.2, 0) is 23.2 Å². The molecule has 4 nitrogen and oxygen atoms in total. The largest absolute Gasteiger partial charge is 0.361 e. The molecule has 120 valence electrons. The number of benzene rings is 1. The summed E-state index contributed by atoms with van der Waals surface area (Å²) in [4.78, 5) is 15.4. The van der Waals surface area contributed by atoms with Gasteiger partial charge in [-0.25, -0.2) is 0 Å². The first-order chi connectivity index (χ1) is 11.2. The molecule has 4 rings (SSSR count). The number of hydrogen-bond acceptors (Lipinski definition) is 3. The minimum Gasteiger partial charge on any atom is -0.361 e. The van der Waals surface area contributed by atoms with Crippen LogP contribution in [-0.4, -0.2) is 22.5 Å². The molecule has 2 heterocycles. The van der Waals surface area contributed by atoms with Crippen LogP contribution in [0.5, 0.6) is 0 Å². The molecule has 0 N–H and O–H groups in total. The molecule has 1 amide bonds. The van der Waals surface area contributed by atoms with Gasteiger partial charge in [0.2, 0.25) is 5.91 Å². The SMILES string of the molecule is O=C(N1CCc2oncc2C1)C1(c2ccc(Cl)cc2)CCCC1. The van der Waals surface area contributed by atoms with Crippen LogP contribution >= 0.6 is 11.6 Å². The molecule has 1 fully saturated rings.